The van der Waals surface area contributed by atoms with Gasteiger partial charge in [-0.25, -0.2) is 0 Å². The standard InChI is InChI=1S/C17H19NO4S/c1-11-4-8-16(23-11)14(19)7-9-17(20)18-13-6-5-12(21-2)10-15(13)22-3/h4-6,8,10H,7,9H2,1-3H3,(H,18,20). The van der Waals surface area contributed by atoms with E-state index in [1.165, 1.54) is 18.4 Å². The fourth-order valence-corrected chi connectivity index (χ4v) is 2.88. The Hall–Kier alpha value is -2.34. The second kappa shape index (κ2) is 7.78. The first-order chi connectivity index (χ1) is 11.0. The third kappa shape index (κ3) is 4.56. The third-order valence-corrected chi connectivity index (χ3v) is 4.32. The zero-order valence-electron chi connectivity index (χ0n) is 13.3. The van der Waals surface area contributed by atoms with Gasteiger partial charge in [0.15, 0.2) is 5.78 Å². The van der Waals surface area contributed by atoms with Crippen LogP contribution >= 0.6 is 11.3 Å². The molecule has 0 aliphatic rings. The molecule has 1 aromatic carbocycles. The van der Waals surface area contributed by atoms with Crippen molar-refractivity contribution in [1.82, 2.24) is 0 Å². The molecule has 0 aliphatic carbocycles. The molecule has 0 unspecified atom stereocenters. The molecule has 2 rings (SSSR count). The number of thiophene rings is 1. The van der Waals surface area contributed by atoms with E-state index in [0.717, 1.165) is 4.88 Å². The molecular weight excluding hydrogens is 314 g/mol. The monoisotopic (exact) mass is 333 g/mol. The Labute approximate surface area is 139 Å². The molecule has 1 amide bonds. The predicted molar refractivity (Wildman–Crippen MR) is 90.8 cm³/mol. The second-order valence-corrected chi connectivity index (χ2v) is 6.24. The third-order valence-electron chi connectivity index (χ3n) is 3.28. The van der Waals surface area contributed by atoms with Crippen molar-refractivity contribution in [3.8, 4) is 11.5 Å². The molecule has 0 radical (unpaired) electrons. The number of hydrogen-bond acceptors (Lipinski definition) is 5. The average molecular weight is 333 g/mol. The van der Waals surface area contributed by atoms with E-state index in [4.69, 9.17) is 9.47 Å². The van der Waals surface area contributed by atoms with Gasteiger partial charge < -0.3 is 14.8 Å². The molecule has 1 heterocycles. The maximum atomic E-state index is 12.0. The highest BCUT2D eigenvalue weighted by Gasteiger charge is 2.13. The van der Waals surface area contributed by atoms with Gasteiger partial charge in [0.1, 0.15) is 11.5 Å². The number of ketones is 1. The van der Waals surface area contributed by atoms with Crippen molar-refractivity contribution in [2.24, 2.45) is 0 Å². The number of benzene rings is 1. The smallest absolute Gasteiger partial charge is 0.224 e. The lowest BCUT2D eigenvalue weighted by Crippen LogP contribution is -2.13. The van der Waals surface area contributed by atoms with E-state index in [0.29, 0.717) is 22.1 Å². The van der Waals surface area contributed by atoms with E-state index >= 15 is 0 Å². The summed E-state index contributed by atoms with van der Waals surface area (Å²) < 4.78 is 10.3. The quantitative estimate of drug-likeness (QED) is 0.785. The molecule has 1 aromatic heterocycles. The van der Waals surface area contributed by atoms with E-state index in [2.05, 4.69) is 5.32 Å². The summed E-state index contributed by atoms with van der Waals surface area (Å²) in [6, 6.07) is 8.83. The Morgan fingerprint density at radius 1 is 1.09 bits per heavy atom. The summed E-state index contributed by atoms with van der Waals surface area (Å²) in [5.41, 5.74) is 0.553. The van der Waals surface area contributed by atoms with Crippen LogP contribution in [0.5, 0.6) is 11.5 Å². The zero-order chi connectivity index (χ0) is 16.8. The predicted octanol–water partition coefficient (Wildman–Crippen LogP) is 3.68. The molecule has 0 fully saturated rings. The van der Waals surface area contributed by atoms with Crippen LogP contribution in [0.4, 0.5) is 5.69 Å². The van der Waals surface area contributed by atoms with E-state index in [1.807, 2.05) is 13.0 Å². The summed E-state index contributed by atoms with van der Waals surface area (Å²) in [5.74, 6) is 0.913. The Bertz CT molecular complexity index is 708. The largest absolute Gasteiger partial charge is 0.497 e. The number of methoxy groups -OCH3 is 2. The lowest BCUT2D eigenvalue weighted by atomic mass is 10.2. The van der Waals surface area contributed by atoms with Crippen LogP contribution in [-0.4, -0.2) is 25.9 Å². The van der Waals surface area contributed by atoms with Crippen LogP contribution in [-0.2, 0) is 4.79 Å². The van der Waals surface area contributed by atoms with Crippen molar-refractivity contribution < 1.29 is 19.1 Å². The summed E-state index contributed by atoms with van der Waals surface area (Å²) in [7, 11) is 3.08. The lowest BCUT2D eigenvalue weighted by molar-refractivity contribution is -0.116. The van der Waals surface area contributed by atoms with Crippen LogP contribution in [0, 0.1) is 6.92 Å². The Morgan fingerprint density at radius 2 is 1.87 bits per heavy atom. The highest BCUT2D eigenvalue weighted by atomic mass is 32.1. The van der Waals surface area contributed by atoms with Gasteiger partial charge in [-0.15, -0.1) is 11.3 Å². The van der Waals surface area contributed by atoms with E-state index in [-0.39, 0.29) is 24.5 Å². The highest BCUT2D eigenvalue weighted by molar-refractivity contribution is 7.14. The number of carbonyl (C=O) groups excluding carboxylic acids is 2. The van der Waals surface area contributed by atoms with Gasteiger partial charge in [-0.3, -0.25) is 9.59 Å². The normalized spacial score (nSPS) is 10.2. The van der Waals surface area contributed by atoms with Crippen molar-refractivity contribution in [2.75, 3.05) is 19.5 Å². The van der Waals surface area contributed by atoms with Crippen LogP contribution < -0.4 is 14.8 Å². The summed E-state index contributed by atoms with van der Waals surface area (Å²) in [6.45, 7) is 1.95. The van der Waals surface area contributed by atoms with Crippen molar-refractivity contribution in [1.29, 1.82) is 0 Å². The van der Waals surface area contributed by atoms with E-state index < -0.39 is 0 Å². The van der Waals surface area contributed by atoms with Gasteiger partial charge in [0.05, 0.1) is 24.8 Å². The van der Waals surface area contributed by atoms with Gasteiger partial charge in [-0.05, 0) is 31.2 Å². The van der Waals surface area contributed by atoms with Crippen LogP contribution in [0.3, 0.4) is 0 Å². The minimum absolute atomic E-state index is 0.0139. The van der Waals surface area contributed by atoms with Crippen molar-refractivity contribution in [2.45, 2.75) is 19.8 Å². The molecule has 122 valence electrons. The number of Topliss-reactive ketones (excluding diaryl/α,β-unsaturated/α-hetero) is 1. The number of aryl methyl sites for hydroxylation is 1. The highest BCUT2D eigenvalue weighted by Crippen LogP contribution is 2.29. The number of carbonyl (C=O) groups is 2. The Morgan fingerprint density at radius 3 is 2.48 bits per heavy atom. The van der Waals surface area contributed by atoms with Crippen molar-refractivity contribution in [3.05, 3.63) is 40.1 Å². The fraction of sp³-hybridized carbons (Fsp3) is 0.294. The summed E-state index contributed by atoms with van der Waals surface area (Å²) in [4.78, 5) is 25.8. The molecule has 1 N–H and O–H groups in total. The van der Waals surface area contributed by atoms with Gasteiger partial charge in [0.2, 0.25) is 5.91 Å². The fourth-order valence-electron chi connectivity index (χ4n) is 2.05. The Kier molecular flexibility index (Phi) is 5.76. The van der Waals surface area contributed by atoms with Gasteiger partial charge in [-0.1, -0.05) is 0 Å². The maximum Gasteiger partial charge on any atom is 0.224 e. The Balaban J connectivity index is 1.93. The van der Waals surface area contributed by atoms with Gasteiger partial charge in [-0.2, -0.15) is 0 Å². The second-order valence-electron chi connectivity index (χ2n) is 4.95. The van der Waals surface area contributed by atoms with Gasteiger partial charge in [0.25, 0.3) is 0 Å². The number of hydrogen-bond donors (Lipinski definition) is 1. The molecule has 2 aromatic rings. The number of nitrogens with one attached hydrogen (secondary N) is 1. The first-order valence-corrected chi connectivity index (χ1v) is 7.96. The molecule has 0 atom stereocenters. The number of ether oxygens (including phenoxy) is 2. The number of anilines is 1. The molecule has 0 saturated carbocycles. The first-order valence-electron chi connectivity index (χ1n) is 7.15. The molecule has 0 bridgehead atoms. The van der Waals surface area contributed by atoms with Crippen LogP contribution in [0.2, 0.25) is 0 Å². The van der Waals surface area contributed by atoms with Crippen LogP contribution in [0.1, 0.15) is 27.4 Å². The van der Waals surface area contributed by atoms with Gasteiger partial charge in [0, 0.05) is 23.8 Å². The molecule has 0 spiro atoms. The van der Waals surface area contributed by atoms with Crippen molar-refractivity contribution in [3.63, 3.8) is 0 Å². The topological polar surface area (TPSA) is 64.6 Å². The number of amides is 1. The van der Waals surface area contributed by atoms with Crippen molar-refractivity contribution >= 4 is 28.7 Å². The maximum absolute atomic E-state index is 12.0. The number of rotatable bonds is 7. The zero-order valence-corrected chi connectivity index (χ0v) is 14.2. The summed E-state index contributed by atoms with van der Waals surface area (Å²) in [5, 5.41) is 2.76. The molecule has 6 heteroatoms. The first kappa shape index (κ1) is 17.0. The molecule has 0 saturated heterocycles. The SMILES string of the molecule is COc1ccc(NC(=O)CCC(=O)c2ccc(C)s2)c(OC)c1. The minimum atomic E-state index is -0.227. The summed E-state index contributed by atoms with van der Waals surface area (Å²) >= 11 is 1.45. The lowest BCUT2D eigenvalue weighted by Gasteiger charge is -2.11. The average Bonchev–Trinajstić information content (AvgIpc) is 2.99. The molecule has 0 aliphatic heterocycles. The molecule has 23 heavy (non-hydrogen) atoms. The minimum Gasteiger partial charge on any atom is -0.497 e. The van der Waals surface area contributed by atoms with Crippen LogP contribution in [0.25, 0.3) is 0 Å². The van der Waals surface area contributed by atoms with E-state index in [1.54, 1.807) is 31.4 Å². The summed E-state index contributed by atoms with van der Waals surface area (Å²) in [6.07, 6.45) is 0.315. The van der Waals surface area contributed by atoms with E-state index in [9.17, 15) is 9.59 Å². The van der Waals surface area contributed by atoms with Gasteiger partial charge >= 0.3 is 0 Å². The molecule has 5 nitrogen and oxygen atoms in total. The van der Waals surface area contributed by atoms with Crippen LogP contribution in [0.15, 0.2) is 30.3 Å². The molecular formula is C17H19NO4S.